The summed E-state index contributed by atoms with van der Waals surface area (Å²) in [4.78, 5) is 39.8. The van der Waals surface area contributed by atoms with Gasteiger partial charge in [0.2, 0.25) is 17.7 Å². The largest absolute Gasteiger partial charge is 0.324 e. The van der Waals surface area contributed by atoms with Crippen molar-refractivity contribution in [3.05, 3.63) is 64.1 Å². The first kappa shape index (κ1) is 19.6. The Morgan fingerprint density at radius 2 is 1.70 bits per heavy atom. The molecule has 1 aliphatic heterocycles. The molecule has 0 spiro atoms. The van der Waals surface area contributed by atoms with Gasteiger partial charge in [-0.1, -0.05) is 53.5 Å². The Hall–Kier alpha value is -2.37. The maximum Gasteiger partial charge on any atom is 0.244 e. The minimum absolute atomic E-state index is 0.169. The number of carbonyl (C=O) groups excluding carboxylic acids is 3. The van der Waals surface area contributed by atoms with Crippen LogP contribution in [0.4, 0.5) is 5.69 Å². The number of imide groups is 1. The van der Waals surface area contributed by atoms with Crippen LogP contribution in [0, 0.1) is 23.7 Å². The number of anilines is 1. The molecule has 0 aromatic heterocycles. The van der Waals surface area contributed by atoms with E-state index in [2.05, 4.69) is 17.4 Å². The molecule has 0 radical (unpaired) electrons. The van der Waals surface area contributed by atoms with Crippen LogP contribution in [0.15, 0.2) is 48.5 Å². The van der Waals surface area contributed by atoms with Crippen LogP contribution in [0.2, 0.25) is 10.0 Å². The number of rotatable bonds is 4. The summed E-state index contributed by atoms with van der Waals surface area (Å²) in [5.41, 5.74) is 1.71. The lowest BCUT2D eigenvalue weighted by Gasteiger charge is -2.28. The number of carbonyl (C=O) groups is 3. The van der Waals surface area contributed by atoms with Crippen LogP contribution in [-0.4, -0.2) is 29.2 Å². The number of nitrogens with one attached hydrogen (secondary N) is 1. The standard InChI is InChI=1S/C23H20Cl2N2O3/c24-17-7-6-14(10-18(17)25)26-19(28)11-27-22(29)20-13-8-15(12-4-2-1-3-5-12)16(9-13)21(20)23(27)30/h1-7,10,13,15-16,20-21H,8-9,11H2,(H,26,28)/t13-,15-,16+,20+,21-/m0/s1. The molecule has 2 aliphatic carbocycles. The van der Waals surface area contributed by atoms with E-state index >= 15 is 0 Å². The van der Waals surface area contributed by atoms with E-state index in [4.69, 9.17) is 23.2 Å². The lowest BCUT2D eigenvalue weighted by Crippen LogP contribution is -2.39. The normalized spacial score (nSPS) is 29.4. The second-order valence-corrected chi connectivity index (χ2v) is 9.22. The zero-order valence-corrected chi connectivity index (χ0v) is 17.6. The Morgan fingerprint density at radius 1 is 0.967 bits per heavy atom. The van der Waals surface area contributed by atoms with Gasteiger partial charge in [0.05, 0.1) is 21.9 Å². The SMILES string of the molecule is O=C(CN1C(=O)[C@@H]2[C@@H]3C[C@@H]([C@@H]2C1=O)[C@H](c1ccccc1)C3)Nc1ccc(Cl)c(Cl)c1. The number of halogens is 2. The highest BCUT2D eigenvalue weighted by atomic mass is 35.5. The third-order valence-corrected chi connectivity index (χ3v) is 7.58. The number of hydrogen-bond donors (Lipinski definition) is 1. The maximum absolute atomic E-state index is 13.1. The lowest BCUT2D eigenvalue weighted by atomic mass is 9.73. The van der Waals surface area contributed by atoms with Crippen LogP contribution >= 0.6 is 23.2 Å². The molecule has 2 aromatic carbocycles. The van der Waals surface area contributed by atoms with Crippen molar-refractivity contribution in [1.82, 2.24) is 4.90 Å². The number of fused-ring (bicyclic) bond motifs is 5. The third-order valence-electron chi connectivity index (χ3n) is 6.84. The second-order valence-electron chi connectivity index (χ2n) is 8.40. The number of likely N-dealkylation sites (tertiary alicyclic amines) is 1. The van der Waals surface area contributed by atoms with E-state index in [1.165, 1.54) is 11.6 Å². The number of amides is 3. The molecule has 5 atom stereocenters. The van der Waals surface area contributed by atoms with Crippen LogP contribution in [-0.2, 0) is 14.4 Å². The fourth-order valence-electron chi connectivity index (χ4n) is 5.68. The average Bonchev–Trinajstić information content (AvgIpc) is 3.39. The van der Waals surface area contributed by atoms with E-state index in [1.54, 1.807) is 12.1 Å². The van der Waals surface area contributed by atoms with Gasteiger partial charge in [0.1, 0.15) is 6.54 Å². The Morgan fingerprint density at radius 3 is 2.43 bits per heavy atom. The van der Waals surface area contributed by atoms with Gasteiger partial charge in [-0.15, -0.1) is 0 Å². The summed E-state index contributed by atoms with van der Waals surface area (Å²) in [6.07, 6.45) is 1.84. The molecule has 5 rings (SSSR count). The summed E-state index contributed by atoms with van der Waals surface area (Å²) in [6.45, 7) is -0.277. The third kappa shape index (κ3) is 3.12. The lowest BCUT2D eigenvalue weighted by molar-refractivity contribution is -0.143. The zero-order chi connectivity index (χ0) is 21.0. The van der Waals surface area contributed by atoms with Gasteiger partial charge in [0.15, 0.2) is 0 Å². The highest BCUT2D eigenvalue weighted by Crippen LogP contribution is 2.61. The van der Waals surface area contributed by atoms with Crippen molar-refractivity contribution in [2.24, 2.45) is 23.7 Å². The highest BCUT2D eigenvalue weighted by Gasteiger charge is 2.63. The molecule has 3 fully saturated rings. The van der Waals surface area contributed by atoms with Gasteiger partial charge in [-0.25, -0.2) is 0 Å². The predicted molar refractivity (Wildman–Crippen MR) is 114 cm³/mol. The van der Waals surface area contributed by atoms with E-state index in [0.29, 0.717) is 21.7 Å². The Labute approximate surface area is 184 Å². The Bertz CT molecular complexity index is 1040. The molecule has 1 heterocycles. The molecular formula is C23H20Cl2N2O3. The first-order valence-electron chi connectivity index (χ1n) is 10.1. The van der Waals surface area contributed by atoms with Gasteiger partial charge in [-0.05, 0) is 54.4 Å². The molecule has 2 aromatic rings. The van der Waals surface area contributed by atoms with Crippen LogP contribution in [0.5, 0.6) is 0 Å². The molecule has 30 heavy (non-hydrogen) atoms. The first-order chi connectivity index (χ1) is 14.4. The molecule has 1 N–H and O–H groups in total. The minimum Gasteiger partial charge on any atom is -0.324 e. The van der Waals surface area contributed by atoms with E-state index in [-0.39, 0.29) is 42.0 Å². The highest BCUT2D eigenvalue weighted by molar-refractivity contribution is 6.42. The fraction of sp³-hybridized carbons (Fsp3) is 0.348. The molecule has 2 saturated carbocycles. The van der Waals surface area contributed by atoms with Crippen LogP contribution in [0.1, 0.15) is 24.3 Å². The van der Waals surface area contributed by atoms with Gasteiger partial charge in [0, 0.05) is 5.69 Å². The van der Waals surface area contributed by atoms with Crippen molar-refractivity contribution in [2.75, 3.05) is 11.9 Å². The summed E-state index contributed by atoms with van der Waals surface area (Å²) in [5.74, 6) is -0.733. The van der Waals surface area contributed by atoms with E-state index in [0.717, 1.165) is 17.7 Å². The molecule has 0 unspecified atom stereocenters. The molecule has 5 nitrogen and oxygen atoms in total. The van der Waals surface area contributed by atoms with Gasteiger partial charge in [-0.2, -0.15) is 0 Å². The average molecular weight is 443 g/mol. The Balaban J connectivity index is 1.31. The van der Waals surface area contributed by atoms with Crippen LogP contribution in [0.25, 0.3) is 0 Å². The van der Waals surface area contributed by atoms with Gasteiger partial charge >= 0.3 is 0 Å². The molecule has 3 aliphatic rings. The molecule has 154 valence electrons. The number of hydrogen-bond acceptors (Lipinski definition) is 3. The Kier molecular flexibility index (Phi) is 4.83. The predicted octanol–water partition coefficient (Wildman–Crippen LogP) is 4.36. The minimum atomic E-state index is -0.429. The van der Waals surface area contributed by atoms with Crippen molar-refractivity contribution in [3.63, 3.8) is 0 Å². The second kappa shape index (κ2) is 7.40. The number of benzene rings is 2. The van der Waals surface area contributed by atoms with Crippen molar-refractivity contribution in [2.45, 2.75) is 18.8 Å². The molecular weight excluding hydrogens is 423 g/mol. The van der Waals surface area contributed by atoms with Crippen molar-refractivity contribution >= 4 is 46.6 Å². The zero-order valence-electron chi connectivity index (χ0n) is 16.1. The van der Waals surface area contributed by atoms with Gasteiger partial charge < -0.3 is 5.32 Å². The summed E-state index contributed by atoms with van der Waals surface area (Å²) < 4.78 is 0. The maximum atomic E-state index is 13.1. The summed E-state index contributed by atoms with van der Waals surface area (Å²) in [7, 11) is 0. The smallest absolute Gasteiger partial charge is 0.244 e. The monoisotopic (exact) mass is 442 g/mol. The quantitative estimate of drug-likeness (QED) is 0.715. The van der Waals surface area contributed by atoms with Crippen molar-refractivity contribution < 1.29 is 14.4 Å². The molecule has 7 heteroatoms. The number of nitrogens with zero attached hydrogens (tertiary/aromatic N) is 1. The van der Waals surface area contributed by atoms with Crippen molar-refractivity contribution in [3.8, 4) is 0 Å². The van der Waals surface area contributed by atoms with Crippen LogP contribution < -0.4 is 5.32 Å². The first-order valence-corrected chi connectivity index (χ1v) is 10.8. The van der Waals surface area contributed by atoms with Crippen LogP contribution in [0.3, 0.4) is 0 Å². The van der Waals surface area contributed by atoms with Crippen molar-refractivity contribution in [1.29, 1.82) is 0 Å². The fourth-order valence-corrected chi connectivity index (χ4v) is 5.98. The summed E-state index contributed by atoms with van der Waals surface area (Å²) >= 11 is 11.9. The molecule has 3 amide bonds. The summed E-state index contributed by atoms with van der Waals surface area (Å²) in [6, 6.07) is 15.0. The van der Waals surface area contributed by atoms with E-state index in [9.17, 15) is 14.4 Å². The van der Waals surface area contributed by atoms with E-state index in [1.807, 2.05) is 18.2 Å². The molecule has 1 saturated heterocycles. The van der Waals surface area contributed by atoms with E-state index < -0.39 is 5.91 Å². The molecule has 2 bridgehead atoms. The van der Waals surface area contributed by atoms with Gasteiger partial charge in [0.25, 0.3) is 0 Å². The topological polar surface area (TPSA) is 66.5 Å². The summed E-state index contributed by atoms with van der Waals surface area (Å²) in [5, 5.41) is 3.39. The van der Waals surface area contributed by atoms with Gasteiger partial charge in [-0.3, -0.25) is 19.3 Å².